The lowest BCUT2D eigenvalue weighted by Crippen LogP contribution is -2.40. The molecule has 0 saturated carbocycles. The van der Waals surface area contributed by atoms with Gasteiger partial charge in [-0.15, -0.1) is 0 Å². The van der Waals surface area contributed by atoms with Crippen molar-refractivity contribution in [3.8, 4) is 0 Å². The molecule has 1 aliphatic heterocycles. The van der Waals surface area contributed by atoms with Gasteiger partial charge in [0.15, 0.2) is 11.3 Å². The van der Waals surface area contributed by atoms with Gasteiger partial charge in [0.1, 0.15) is 0 Å². The maximum atomic E-state index is 11.5. The second-order valence-corrected chi connectivity index (χ2v) is 4.22. The molecular weight excluding hydrogens is 222 g/mol. The van der Waals surface area contributed by atoms with Crippen molar-refractivity contribution in [3.63, 3.8) is 0 Å². The van der Waals surface area contributed by atoms with Crippen molar-refractivity contribution in [2.75, 3.05) is 6.26 Å². The number of hydrogen-bond donors (Lipinski definition) is 1. The number of amidine groups is 1. The highest BCUT2D eigenvalue weighted by Gasteiger charge is 2.28. The van der Waals surface area contributed by atoms with Crippen molar-refractivity contribution in [3.05, 3.63) is 35.9 Å². The first-order chi connectivity index (χ1) is 7.72. The summed E-state index contributed by atoms with van der Waals surface area (Å²) in [5.74, 6) is -0.0401. The first-order valence-corrected chi connectivity index (χ1v) is 6.18. The maximum Gasteiger partial charge on any atom is 0.240 e. The SMILES string of the molecule is CSC1=NC(c2ccccc2)N(C(C)=O)N1. The predicted molar refractivity (Wildman–Crippen MR) is 65.8 cm³/mol. The third-order valence-corrected chi connectivity index (χ3v) is 2.91. The van der Waals surface area contributed by atoms with Crippen LogP contribution in [0.3, 0.4) is 0 Å². The number of nitrogens with one attached hydrogen (secondary N) is 1. The van der Waals surface area contributed by atoms with E-state index in [4.69, 9.17) is 0 Å². The number of hydrazine groups is 1. The fourth-order valence-electron chi connectivity index (χ4n) is 1.56. The molecule has 2 rings (SSSR count). The summed E-state index contributed by atoms with van der Waals surface area (Å²) in [6.07, 6.45) is 1.68. The minimum absolute atomic E-state index is 0.0401. The van der Waals surface area contributed by atoms with Crippen LogP contribution in [0.15, 0.2) is 35.3 Å². The summed E-state index contributed by atoms with van der Waals surface area (Å²) in [6.45, 7) is 1.53. The number of hydrogen-bond acceptors (Lipinski definition) is 4. The molecule has 84 valence electrons. The van der Waals surface area contributed by atoms with E-state index in [-0.39, 0.29) is 12.1 Å². The van der Waals surface area contributed by atoms with Crippen LogP contribution in [-0.4, -0.2) is 22.3 Å². The number of amides is 1. The molecule has 1 heterocycles. The van der Waals surface area contributed by atoms with Crippen LogP contribution >= 0.6 is 11.8 Å². The van der Waals surface area contributed by atoms with Gasteiger partial charge in [-0.3, -0.25) is 10.2 Å². The molecule has 1 aliphatic rings. The Labute approximate surface area is 98.7 Å². The van der Waals surface area contributed by atoms with Gasteiger partial charge in [-0.1, -0.05) is 42.1 Å². The van der Waals surface area contributed by atoms with Gasteiger partial charge in [0.2, 0.25) is 5.91 Å². The number of aliphatic imine (C=N–C) groups is 1. The Morgan fingerprint density at radius 3 is 2.69 bits per heavy atom. The molecular formula is C11H13N3OS. The summed E-state index contributed by atoms with van der Waals surface area (Å²) < 4.78 is 0. The van der Waals surface area contributed by atoms with Crippen molar-refractivity contribution in [2.24, 2.45) is 4.99 Å². The molecule has 0 bridgehead atoms. The molecule has 1 aromatic carbocycles. The van der Waals surface area contributed by atoms with Gasteiger partial charge < -0.3 is 0 Å². The van der Waals surface area contributed by atoms with Gasteiger partial charge in [0.05, 0.1) is 0 Å². The zero-order chi connectivity index (χ0) is 11.5. The molecule has 0 aliphatic carbocycles. The third kappa shape index (κ3) is 2.04. The lowest BCUT2D eigenvalue weighted by molar-refractivity contribution is -0.132. The highest BCUT2D eigenvalue weighted by Crippen LogP contribution is 2.26. The normalized spacial score (nSPS) is 19.2. The van der Waals surface area contributed by atoms with Gasteiger partial charge in [-0.25, -0.2) is 10.0 Å². The van der Waals surface area contributed by atoms with E-state index in [2.05, 4.69) is 10.4 Å². The Kier molecular flexibility index (Phi) is 3.14. The summed E-state index contributed by atoms with van der Waals surface area (Å²) >= 11 is 1.50. The Balaban J connectivity index is 2.30. The maximum absolute atomic E-state index is 11.5. The summed E-state index contributed by atoms with van der Waals surface area (Å²) in [6, 6.07) is 9.77. The molecule has 0 aromatic heterocycles. The van der Waals surface area contributed by atoms with E-state index in [1.165, 1.54) is 18.7 Å². The Morgan fingerprint density at radius 1 is 1.44 bits per heavy atom. The number of carbonyl (C=O) groups excluding carboxylic acids is 1. The van der Waals surface area contributed by atoms with Crippen LogP contribution in [0.5, 0.6) is 0 Å². The zero-order valence-electron chi connectivity index (χ0n) is 9.18. The second-order valence-electron chi connectivity index (χ2n) is 3.42. The smallest absolute Gasteiger partial charge is 0.240 e. The van der Waals surface area contributed by atoms with E-state index in [0.717, 1.165) is 10.7 Å². The van der Waals surface area contributed by atoms with Crippen molar-refractivity contribution in [2.45, 2.75) is 13.1 Å². The summed E-state index contributed by atoms with van der Waals surface area (Å²) in [5, 5.41) is 2.31. The molecule has 1 amide bonds. The van der Waals surface area contributed by atoms with Gasteiger partial charge in [0, 0.05) is 6.92 Å². The summed E-state index contributed by atoms with van der Waals surface area (Å²) in [7, 11) is 0. The van der Waals surface area contributed by atoms with Crippen molar-refractivity contribution in [1.82, 2.24) is 10.4 Å². The lowest BCUT2D eigenvalue weighted by Gasteiger charge is -2.21. The van der Waals surface area contributed by atoms with Crippen molar-refractivity contribution >= 4 is 22.8 Å². The van der Waals surface area contributed by atoms with Gasteiger partial charge in [-0.05, 0) is 11.8 Å². The number of rotatable bonds is 1. The molecule has 1 aromatic rings. The Morgan fingerprint density at radius 2 is 2.12 bits per heavy atom. The molecule has 4 nitrogen and oxygen atoms in total. The minimum atomic E-state index is -0.249. The Bertz CT molecular complexity index is 418. The molecule has 1 N–H and O–H groups in total. The number of benzene rings is 1. The first kappa shape index (κ1) is 11.0. The second kappa shape index (κ2) is 4.57. The van der Waals surface area contributed by atoms with Crippen LogP contribution in [0.25, 0.3) is 0 Å². The quantitative estimate of drug-likeness (QED) is 0.807. The molecule has 0 saturated heterocycles. The average Bonchev–Trinajstić information content (AvgIpc) is 2.74. The van der Waals surface area contributed by atoms with E-state index in [1.54, 1.807) is 5.01 Å². The lowest BCUT2D eigenvalue weighted by atomic mass is 10.2. The summed E-state index contributed by atoms with van der Waals surface area (Å²) in [4.78, 5) is 15.9. The number of thioether (sulfide) groups is 1. The average molecular weight is 235 g/mol. The fourth-order valence-corrected chi connectivity index (χ4v) is 1.95. The first-order valence-electron chi connectivity index (χ1n) is 4.95. The van der Waals surface area contributed by atoms with Crippen molar-refractivity contribution in [1.29, 1.82) is 0 Å². The van der Waals surface area contributed by atoms with Crippen LogP contribution in [0, 0.1) is 0 Å². The molecule has 0 fully saturated rings. The van der Waals surface area contributed by atoms with E-state index >= 15 is 0 Å². The van der Waals surface area contributed by atoms with Crippen LogP contribution < -0.4 is 5.43 Å². The third-order valence-electron chi connectivity index (χ3n) is 2.33. The van der Waals surface area contributed by atoms with Crippen LogP contribution in [0.4, 0.5) is 0 Å². The monoisotopic (exact) mass is 235 g/mol. The van der Waals surface area contributed by atoms with Gasteiger partial charge >= 0.3 is 0 Å². The summed E-state index contributed by atoms with van der Waals surface area (Å²) in [5.41, 5.74) is 3.99. The Hall–Kier alpha value is -1.49. The van der Waals surface area contributed by atoms with E-state index < -0.39 is 0 Å². The van der Waals surface area contributed by atoms with Crippen LogP contribution in [0.2, 0.25) is 0 Å². The highest BCUT2D eigenvalue weighted by molar-refractivity contribution is 8.13. The van der Waals surface area contributed by atoms with Gasteiger partial charge in [-0.2, -0.15) is 0 Å². The molecule has 1 unspecified atom stereocenters. The van der Waals surface area contributed by atoms with Gasteiger partial charge in [0.25, 0.3) is 0 Å². The molecule has 16 heavy (non-hydrogen) atoms. The topological polar surface area (TPSA) is 44.7 Å². The highest BCUT2D eigenvalue weighted by atomic mass is 32.2. The van der Waals surface area contributed by atoms with Crippen LogP contribution in [0.1, 0.15) is 18.7 Å². The largest absolute Gasteiger partial charge is 0.273 e. The van der Waals surface area contributed by atoms with E-state index in [1.807, 2.05) is 36.6 Å². The molecule has 0 radical (unpaired) electrons. The van der Waals surface area contributed by atoms with E-state index in [9.17, 15) is 4.79 Å². The molecule has 1 atom stereocenters. The standard InChI is InChI=1S/C11H13N3OS/c1-8(15)14-10(12-11(13-14)16-2)9-6-4-3-5-7-9/h3-7,10H,1-2H3,(H,12,13). The number of nitrogens with zero attached hydrogens (tertiary/aromatic N) is 2. The fraction of sp³-hybridized carbons (Fsp3) is 0.273. The zero-order valence-corrected chi connectivity index (χ0v) is 9.99. The van der Waals surface area contributed by atoms with E-state index in [0.29, 0.717) is 0 Å². The number of carbonyl (C=O) groups is 1. The van der Waals surface area contributed by atoms with Crippen molar-refractivity contribution < 1.29 is 4.79 Å². The molecule has 0 spiro atoms. The predicted octanol–water partition coefficient (Wildman–Crippen LogP) is 1.77. The molecule has 5 heteroatoms. The minimum Gasteiger partial charge on any atom is -0.273 e. The van der Waals surface area contributed by atoms with Crippen LogP contribution in [-0.2, 0) is 4.79 Å².